The van der Waals surface area contributed by atoms with Crippen molar-refractivity contribution >= 4 is 15.9 Å². The van der Waals surface area contributed by atoms with Crippen LogP contribution in [0.15, 0.2) is 53.1 Å². The van der Waals surface area contributed by atoms with Crippen LogP contribution >= 0.6 is 15.9 Å². The van der Waals surface area contributed by atoms with Crippen molar-refractivity contribution in [3.8, 4) is 0 Å². The van der Waals surface area contributed by atoms with E-state index in [0.29, 0.717) is 6.54 Å². The van der Waals surface area contributed by atoms with E-state index in [1.54, 1.807) is 0 Å². The summed E-state index contributed by atoms with van der Waals surface area (Å²) in [5.41, 5.74) is 8.21. The second-order valence-electron chi connectivity index (χ2n) is 4.51. The van der Waals surface area contributed by atoms with E-state index < -0.39 is 0 Å². The minimum Gasteiger partial charge on any atom is -0.329 e. The summed E-state index contributed by atoms with van der Waals surface area (Å²) in [5, 5.41) is 0. The number of pyridine rings is 1. The molecule has 1 atom stereocenters. The van der Waals surface area contributed by atoms with Crippen LogP contribution in [0, 0.1) is 0 Å². The zero-order valence-electron chi connectivity index (χ0n) is 11.0. The van der Waals surface area contributed by atoms with E-state index in [2.05, 4.69) is 38.9 Å². The van der Waals surface area contributed by atoms with Crippen LogP contribution in [-0.2, 0) is 6.54 Å². The van der Waals surface area contributed by atoms with E-state index in [0.717, 1.165) is 16.7 Å². The molecular formula is C15H18BrN3. The van der Waals surface area contributed by atoms with Gasteiger partial charge in [0.15, 0.2) is 0 Å². The maximum Gasteiger partial charge on any atom is 0.0544 e. The van der Waals surface area contributed by atoms with Gasteiger partial charge in [0.25, 0.3) is 0 Å². The van der Waals surface area contributed by atoms with Crippen molar-refractivity contribution in [3.05, 3.63) is 64.4 Å². The van der Waals surface area contributed by atoms with Crippen LogP contribution in [0.3, 0.4) is 0 Å². The fraction of sp³-hybridized carbons (Fsp3) is 0.267. The van der Waals surface area contributed by atoms with Crippen LogP contribution in [0.1, 0.15) is 17.3 Å². The van der Waals surface area contributed by atoms with Gasteiger partial charge in [-0.25, -0.2) is 0 Å². The molecule has 1 unspecified atom stereocenters. The summed E-state index contributed by atoms with van der Waals surface area (Å²) in [6.45, 7) is 1.36. The normalized spacial score (nSPS) is 12.6. The predicted molar refractivity (Wildman–Crippen MR) is 81.6 cm³/mol. The van der Waals surface area contributed by atoms with Crippen molar-refractivity contribution in [2.24, 2.45) is 5.73 Å². The molecule has 0 aliphatic rings. The summed E-state index contributed by atoms with van der Waals surface area (Å²) in [6.07, 6.45) is 1.82. The molecule has 0 aliphatic carbocycles. The van der Waals surface area contributed by atoms with Gasteiger partial charge in [-0.2, -0.15) is 0 Å². The highest BCUT2D eigenvalue weighted by molar-refractivity contribution is 9.10. The Kier molecular flexibility index (Phi) is 5.07. The van der Waals surface area contributed by atoms with Gasteiger partial charge in [-0.1, -0.05) is 40.2 Å². The maximum atomic E-state index is 5.95. The van der Waals surface area contributed by atoms with Crippen molar-refractivity contribution in [1.82, 2.24) is 9.88 Å². The number of halogens is 1. The summed E-state index contributed by atoms with van der Waals surface area (Å²) >= 11 is 3.59. The second kappa shape index (κ2) is 6.80. The molecule has 0 saturated carbocycles. The molecule has 1 aromatic carbocycles. The van der Waals surface area contributed by atoms with Gasteiger partial charge in [-0.05, 0) is 30.8 Å². The first kappa shape index (κ1) is 14.2. The molecule has 100 valence electrons. The van der Waals surface area contributed by atoms with Crippen molar-refractivity contribution in [2.45, 2.75) is 12.6 Å². The van der Waals surface area contributed by atoms with Crippen molar-refractivity contribution in [3.63, 3.8) is 0 Å². The Morgan fingerprint density at radius 2 is 1.95 bits per heavy atom. The van der Waals surface area contributed by atoms with Gasteiger partial charge < -0.3 is 5.73 Å². The van der Waals surface area contributed by atoms with E-state index in [-0.39, 0.29) is 6.04 Å². The summed E-state index contributed by atoms with van der Waals surface area (Å²) in [6, 6.07) is 14.4. The lowest BCUT2D eigenvalue weighted by atomic mass is 10.1. The molecule has 2 rings (SSSR count). The topological polar surface area (TPSA) is 42.2 Å². The summed E-state index contributed by atoms with van der Waals surface area (Å²) in [4.78, 5) is 6.58. The first-order chi connectivity index (χ1) is 9.22. The fourth-order valence-electron chi connectivity index (χ4n) is 2.15. The highest BCUT2D eigenvalue weighted by Gasteiger charge is 2.18. The number of nitrogens with zero attached hydrogens (tertiary/aromatic N) is 2. The molecular weight excluding hydrogens is 302 g/mol. The van der Waals surface area contributed by atoms with Crippen molar-refractivity contribution in [1.29, 1.82) is 0 Å². The minimum absolute atomic E-state index is 0.178. The third-order valence-corrected chi connectivity index (χ3v) is 3.88. The van der Waals surface area contributed by atoms with Crippen LogP contribution < -0.4 is 5.73 Å². The van der Waals surface area contributed by atoms with E-state index in [9.17, 15) is 0 Å². The lowest BCUT2D eigenvalue weighted by molar-refractivity contribution is 0.238. The predicted octanol–water partition coefficient (Wildman–Crippen LogP) is 2.98. The second-order valence-corrected chi connectivity index (χ2v) is 5.36. The van der Waals surface area contributed by atoms with Crippen molar-refractivity contribution < 1.29 is 0 Å². The average molecular weight is 320 g/mol. The highest BCUT2D eigenvalue weighted by atomic mass is 79.9. The van der Waals surface area contributed by atoms with Gasteiger partial charge in [-0.15, -0.1) is 0 Å². The molecule has 0 radical (unpaired) electrons. The number of rotatable bonds is 5. The monoisotopic (exact) mass is 319 g/mol. The Bertz CT molecular complexity index is 516. The van der Waals surface area contributed by atoms with E-state index in [1.807, 2.05) is 42.6 Å². The van der Waals surface area contributed by atoms with Gasteiger partial charge in [0.05, 0.1) is 5.69 Å². The first-order valence-corrected chi connectivity index (χ1v) is 7.06. The Morgan fingerprint density at radius 1 is 1.21 bits per heavy atom. The Labute approximate surface area is 122 Å². The molecule has 0 amide bonds. The van der Waals surface area contributed by atoms with E-state index in [1.165, 1.54) is 5.56 Å². The largest absolute Gasteiger partial charge is 0.329 e. The zero-order chi connectivity index (χ0) is 13.7. The number of likely N-dealkylation sites (N-methyl/N-ethyl adjacent to an activating group) is 1. The van der Waals surface area contributed by atoms with Gasteiger partial charge in [-0.3, -0.25) is 9.88 Å². The third kappa shape index (κ3) is 3.62. The molecule has 2 N–H and O–H groups in total. The number of hydrogen-bond acceptors (Lipinski definition) is 3. The number of nitrogens with two attached hydrogens (primary N) is 1. The SMILES string of the molecule is CN(Cc1ccccn1)C(CN)c1ccccc1Br. The lowest BCUT2D eigenvalue weighted by Gasteiger charge is -2.27. The molecule has 0 fully saturated rings. The van der Waals surface area contributed by atoms with Gasteiger partial charge >= 0.3 is 0 Å². The molecule has 0 spiro atoms. The molecule has 4 heteroatoms. The smallest absolute Gasteiger partial charge is 0.0544 e. The first-order valence-electron chi connectivity index (χ1n) is 6.27. The fourth-order valence-corrected chi connectivity index (χ4v) is 2.70. The molecule has 0 saturated heterocycles. The Morgan fingerprint density at radius 3 is 2.58 bits per heavy atom. The summed E-state index contributed by atoms with van der Waals surface area (Å²) in [5.74, 6) is 0. The average Bonchev–Trinajstić information content (AvgIpc) is 2.43. The lowest BCUT2D eigenvalue weighted by Crippen LogP contribution is -2.30. The van der Waals surface area contributed by atoms with E-state index >= 15 is 0 Å². The molecule has 0 bridgehead atoms. The molecule has 0 aliphatic heterocycles. The van der Waals surface area contributed by atoms with Crippen LogP contribution in [0.5, 0.6) is 0 Å². The van der Waals surface area contributed by atoms with Gasteiger partial charge in [0, 0.05) is 29.8 Å². The third-order valence-electron chi connectivity index (χ3n) is 3.16. The minimum atomic E-state index is 0.178. The molecule has 19 heavy (non-hydrogen) atoms. The molecule has 1 heterocycles. The number of benzene rings is 1. The Hall–Kier alpha value is -1.23. The van der Waals surface area contributed by atoms with Crippen LogP contribution in [-0.4, -0.2) is 23.5 Å². The van der Waals surface area contributed by atoms with Crippen LogP contribution in [0.25, 0.3) is 0 Å². The maximum absolute atomic E-state index is 5.95. The molecule has 3 nitrogen and oxygen atoms in total. The molecule has 1 aromatic heterocycles. The highest BCUT2D eigenvalue weighted by Crippen LogP contribution is 2.27. The van der Waals surface area contributed by atoms with Gasteiger partial charge in [0.2, 0.25) is 0 Å². The molecule has 2 aromatic rings. The standard InChI is InChI=1S/C15H18BrN3/c1-19(11-12-6-4-5-9-18-12)15(10-17)13-7-2-3-8-14(13)16/h2-9,15H,10-11,17H2,1H3. The summed E-state index contributed by atoms with van der Waals surface area (Å²) < 4.78 is 1.10. The number of aromatic nitrogens is 1. The van der Waals surface area contributed by atoms with Gasteiger partial charge in [0.1, 0.15) is 0 Å². The van der Waals surface area contributed by atoms with Crippen LogP contribution in [0.4, 0.5) is 0 Å². The van der Waals surface area contributed by atoms with Crippen molar-refractivity contribution in [2.75, 3.05) is 13.6 Å². The van der Waals surface area contributed by atoms with E-state index in [4.69, 9.17) is 5.73 Å². The zero-order valence-corrected chi connectivity index (χ0v) is 12.5. The summed E-state index contributed by atoms with van der Waals surface area (Å²) in [7, 11) is 2.08. The number of hydrogen-bond donors (Lipinski definition) is 1. The van der Waals surface area contributed by atoms with Crippen LogP contribution in [0.2, 0.25) is 0 Å². The Balaban J connectivity index is 2.16. The quantitative estimate of drug-likeness (QED) is 0.921.